The maximum atomic E-state index is 6.28. The van der Waals surface area contributed by atoms with Crippen LogP contribution in [0.1, 0.15) is 13.3 Å². The molecule has 0 amide bonds. The molecule has 0 spiro atoms. The Hall–Kier alpha value is -0.950. The SMILES string of the molecule is CC(CC1COCCN1)Nc1c(Cl)ccc2nsnc12. The van der Waals surface area contributed by atoms with Crippen LogP contribution in [0.5, 0.6) is 0 Å². The molecule has 1 aliphatic heterocycles. The lowest BCUT2D eigenvalue weighted by Crippen LogP contribution is -2.43. The first-order valence-electron chi connectivity index (χ1n) is 6.72. The summed E-state index contributed by atoms with van der Waals surface area (Å²) in [6.07, 6.45) is 0.976. The largest absolute Gasteiger partial charge is 0.379 e. The Morgan fingerprint density at radius 2 is 2.45 bits per heavy atom. The minimum absolute atomic E-state index is 0.277. The van der Waals surface area contributed by atoms with E-state index in [4.69, 9.17) is 16.3 Å². The van der Waals surface area contributed by atoms with Crippen molar-refractivity contribution in [2.75, 3.05) is 25.1 Å². The van der Waals surface area contributed by atoms with Crippen LogP contribution in [0, 0.1) is 0 Å². The lowest BCUT2D eigenvalue weighted by atomic mass is 10.1. The van der Waals surface area contributed by atoms with Crippen molar-refractivity contribution in [1.82, 2.24) is 14.1 Å². The van der Waals surface area contributed by atoms with Crippen molar-refractivity contribution in [3.63, 3.8) is 0 Å². The zero-order valence-electron chi connectivity index (χ0n) is 11.2. The highest BCUT2D eigenvalue weighted by atomic mass is 35.5. The van der Waals surface area contributed by atoms with Crippen LogP contribution in [0.4, 0.5) is 5.69 Å². The maximum Gasteiger partial charge on any atom is 0.129 e. The van der Waals surface area contributed by atoms with Crippen LogP contribution in [-0.2, 0) is 4.74 Å². The Bertz CT molecular complexity index is 585. The molecule has 0 bridgehead atoms. The Balaban J connectivity index is 1.71. The zero-order valence-corrected chi connectivity index (χ0v) is 12.8. The molecule has 0 saturated carbocycles. The van der Waals surface area contributed by atoms with Gasteiger partial charge in [0.1, 0.15) is 11.0 Å². The fourth-order valence-corrected chi connectivity index (χ4v) is 3.22. The van der Waals surface area contributed by atoms with Crippen LogP contribution in [-0.4, -0.2) is 40.6 Å². The average molecular weight is 313 g/mol. The summed E-state index contributed by atoms with van der Waals surface area (Å²) in [4.78, 5) is 0. The number of hydrogen-bond acceptors (Lipinski definition) is 6. The summed E-state index contributed by atoms with van der Waals surface area (Å²) in [6.45, 7) is 4.63. The Labute approximate surface area is 127 Å². The molecule has 2 atom stereocenters. The molecule has 1 fully saturated rings. The summed E-state index contributed by atoms with van der Waals surface area (Å²) in [5.41, 5.74) is 2.61. The van der Waals surface area contributed by atoms with E-state index in [0.717, 1.165) is 42.9 Å². The molecule has 108 valence electrons. The standard InChI is InChI=1S/C13H17ClN4OS/c1-8(6-9-7-19-5-4-15-9)16-12-10(14)2-3-11-13(12)18-20-17-11/h2-3,8-9,15-16H,4-7H2,1H3. The van der Waals surface area contributed by atoms with Gasteiger partial charge in [-0.1, -0.05) is 11.6 Å². The molecule has 5 nitrogen and oxygen atoms in total. The number of nitrogens with zero attached hydrogens (tertiary/aromatic N) is 2. The third-order valence-electron chi connectivity index (χ3n) is 3.40. The van der Waals surface area contributed by atoms with E-state index in [0.29, 0.717) is 11.1 Å². The molecular weight excluding hydrogens is 296 g/mol. The zero-order chi connectivity index (χ0) is 13.9. The van der Waals surface area contributed by atoms with E-state index in [9.17, 15) is 0 Å². The van der Waals surface area contributed by atoms with Crippen LogP contribution in [0.2, 0.25) is 5.02 Å². The Kier molecular flexibility index (Phi) is 4.35. The highest BCUT2D eigenvalue weighted by molar-refractivity contribution is 7.00. The van der Waals surface area contributed by atoms with Crippen molar-refractivity contribution in [2.45, 2.75) is 25.4 Å². The van der Waals surface area contributed by atoms with Gasteiger partial charge in [0.2, 0.25) is 0 Å². The summed E-state index contributed by atoms with van der Waals surface area (Å²) < 4.78 is 14.0. The normalized spacial score (nSPS) is 21.0. The van der Waals surface area contributed by atoms with E-state index in [2.05, 4.69) is 26.3 Å². The Morgan fingerprint density at radius 1 is 1.55 bits per heavy atom. The number of hydrogen-bond donors (Lipinski definition) is 2. The molecule has 0 aliphatic carbocycles. The van der Waals surface area contributed by atoms with E-state index in [1.807, 2.05) is 12.1 Å². The molecule has 1 aliphatic rings. The van der Waals surface area contributed by atoms with Gasteiger partial charge in [-0.05, 0) is 25.5 Å². The lowest BCUT2D eigenvalue weighted by molar-refractivity contribution is 0.0731. The number of halogens is 1. The van der Waals surface area contributed by atoms with Crippen molar-refractivity contribution in [3.05, 3.63) is 17.2 Å². The minimum Gasteiger partial charge on any atom is -0.379 e. The molecule has 2 aromatic rings. The van der Waals surface area contributed by atoms with Crippen LogP contribution in [0.3, 0.4) is 0 Å². The van der Waals surface area contributed by atoms with Crippen molar-refractivity contribution in [2.24, 2.45) is 0 Å². The predicted octanol–water partition coefficient (Wildman–Crippen LogP) is 2.52. The van der Waals surface area contributed by atoms with Gasteiger partial charge in [0, 0.05) is 18.6 Å². The first kappa shape index (κ1) is 14.0. The van der Waals surface area contributed by atoms with Gasteiger partial charge >= 0.3 is 0 Å². The second-order valence-electron chi connectivity index (χ2n) is 5.06. The molecular formula is C13H17ClN4OS. The van der Waals surface area contributed by atoms with Gasteiger partial charge in [0.25, 0.3) is 0 Å². The quantitative estimate of drug-likeness (QED) is 0.908. The van der Waals surface area contributed by atoms with Crippen LogP contribution < -0.4 is 10.6 Å². The molecule has 20 heavy (non-hydrogen) atoms. The van der Waals surface area contributed by atoms with Gasteiger partial charge in [0.15, 0.2) is 0 Å². The average Bonchev–Trinajstić information content (AvgIpc) is 2.92. The molecule has 1 aromatic carbocycles. The molecule has 2 heterocycles. The topological polar surface area (TPSA) is 59.1 Å². The van der Waals surface area contributed by atoms with E-state index in [-0.39, 0.29) is 6.04 Å². The number of anilines is 1. The summed E-state index contributed by atoms with van der Waals surface area (Å²) in [6, 6.07) is 4.42. The summed E-state index contributed by atoms with van der Waals surface area (Å²) in [7, 11) is 0. The minimum atomic E-state index is 0.277. The third kappa shape index (κ3) is 3.03. The molecule has 2 N–H and O–H groups in total. The number of ether oxygens (including phenoxy) is 1. The number of rotatable bonds is 4. The van der Waals surface area contributed by atoms with Gasteiger partial charge in [0.05, 0.1) is 35.7 Å². The lowest BCUT2D eigenvalue weighted by Gasteiger charge is -2.27. The number of aromatic nitrogens is 2. The number of nitrogens with one attached hydrogen (secondary N) is 2. The van der Waals surface area contributed by atoms with E-state index >= 15 is 0 Å². The molecule has 1 saturated heterocycles. The van der Waals surface area contributed by atoms with Crippen molar-refractivity contribution in [3.8, 4) is 0 Å². The van der Waals surface area contributed by atoms with Crippen molar-refractivity contribution in [1.29, 1.82) is 0 Å². The monoisotopic (exact) mass is 312 g/mol. The number of fused-ring (bicyclic) bond motifs is 1. The van der Waals surface area contributed by atoms with Gasteiger partial charge in [-0.2, -0.15) is 8.75 Å². The molecule has 1 aromatic heterocycles. The van der Waals surface area contributed by atoms with Gasteiger partial charge in [-0.25, -0.2) is 0 Å². The van der Waals surface area contributed by atoms with Gasteiger partial charge in [-0.3, -0.25) is 0 Å². The molecule has 2 unspecified atom stereocenters. The highest BCUT2D eigenvalue weighted by Gasteiger charge is 2.18. The first-order chi connectivity index (χ1) is 9.74. The van der Waals surface area contributed by atoms with Crippen LogP contribution in [0.15, 0.2) is 12.1 Å². The van der Waals surface area contributed by atoms with Crippen LogP contribution >= 0.6 is 23.3 Å². The van der Waals surface area contributed by atoms with Crippen LogP contribution in [0.25, 0.3) is 11.0 Å². The smallest absolute Gasteiger partial charge is 0.129 e. The highest BCUT2D eigenvalue weighted by Crippen LogP contribution is 2.30. The molecule has 0 radical (unpaired) electrons. The summed E-state index contributed by atoms with van der Waals surface area (Å²) >= 11 is 7.49. The number of morpholine rings is 1. The Morgan fingerprint density at radius 3 is 3.25 bits per heavy atom. The predicted molar refractivity (Wildman–Crippen MR) is 82.7 cm³/mol. The van der Waals surface area contributed by atoms with E-state index in [1.165, 1.54) is 11.7 Å². The van der Waals surface area contributed by atoms with Crippen molar-refractivity contribution < 1.29 is 4.74 Å². The third-order valence-corrected chi connectivity index (χ3v) is 4.26. The van der Waals surface area contributed by atoms with Gasteiger partial charge in [-0.15, -0.1) is 0 Å². The number of benzene rings is 1. The summed E-state index contributed by atoms with van der Waals surface area (Å²) in [5.74, 6) is 0. The maximum absolute atomic E-state index is 6.28. The van der Waals surface area contributed by atoms with Gasteiger partial charge < -0.3 is 15.4 Å². The van der Waals surface area contributed by atoms with E-state index < -0.39 is 0 Å². The summed E-state index contributed by atoms with van der Waals surface area (Å²) in [5, 5.41) is 7.61. The second-order valence-corrected chi connectivity index (χ2v) is 6.00. The van der Waals surface area contributed by atoms with Crippen molar-refractivity contribution >= 4 is 40.0 Å². The first-order valence-corrected chi connectivity index (χ1v) is 7.83. The fraction of sp³-hybridized carbons (Fsp3) is 0.538. The molecule has 3 rings (SSSR count). The second kappa shape index (κ2) is 6.22. The van der Waals surface area contributed by atoms with E-state index in [1.54, 1.807) is 0 Å². The fourth-order valence-electron chi connectivity index (χ4n) is 2.47. The molecule has 7 heteroatoms.